The smallest absolute Gasteiger partial charge is 0.239 e. The van der Waals surface area contributed by atoms with Crippen LogP contribution < -0.4 is 5.14 Å². The molecule has 8 heteroatoms. The van der Waals surface area contributed by atoms with Gasteiger partial charge in [-0.15, -0.1) is 0 Å². The Morgan fingerprint density at radius 3 is 2.29 bits per heavy atom. The summed E-state index contributed by atoms with van der Waals surface area (Å²) in [6, 6.07) is 1.75. The molecule has 4 N–H and O–H groups in total. The summed E-state index contributed by atoms with van der Waals surface area (Å²) in [5.74, 6) is -0.982. The highest BCUT2D eigenvalue weighted by Gasteiger charge is 2.19. The summed E-state index contributed by atoms with van der Waals surface area (Å²) in [6.07, 6.45) is 0. The minimum absolute atomic E-state index is 0.232. The molecule has 0 aliphatic carbocycles. The van der Waals surface area contributed by atoms with E-state index in [2.05, 4.69) is 0 Å². The number of rotatable bonds is 2. The zero-order valence-electron chi connectivity index (χ0n) is 6.64. The molecule has 0 saturated heterocycles. The highest BCUT2D eigenvalue weighted by atomic mass is 127. The summed E-state index contributed by atoms with van der Waals surface area (Å²) in [6.45, 7) is 0. The third-order valence-corrected chi connectivity index (χ3v) is 4.26. The largest absolute Gasteiger partial charge is 0.508 e. The molecule has 0 aliphatic heterocycles. The van der Waals surface area contributed by atoms with Crippen LogP contribution >= 0.6 is 21.2 Å². The lowest BCUT2D eigenvalue weighted by atomic mass is 10.3. The summed E-state index contributed by atoms with van der Waals surface area (Å²) in [4.78, 5) is -0.502. The topological polar surface area (TPSA) is 118 Å². The van der Waals surface area contributed by atoms with Gasteiger partial charge in [0.25, 0.3) is 0 Å². The van der Waals surface area contributed by atoms with Crippen LogP contribution in [-0.4, -0.2) is 18.6 Å². The number of phenols is 2. The lowest BCUT2D eigenvalue weighted by Gasteiger charge is -2.03. The van der Waals surface area contributed by atoms with Gasteiger partial charge in [-0.2, -0.15) is 0 Å². The molecule has 0 bridgehead atoms. The Hall–Kier alpha value is -0.740. The molecule has 0 heterocycles. The highest BCUT2D eigenvalue weighted by molar-refractivity contribution is 14.1. The number of primary sulfonamides is 1. The van der Waals surface area contributed by atoms with Crippen LogP contribution in [0, 0.1) is 3.57 Å². The number of benzene rings is 1. The van der Waals surface area contributed by atoms with Crippen LogP contribution in [0.2, 0.25) is 0 Å². The maximum Gasteiger partial charge on any atom is 0.239 e. The van der Waals surface area contributed by atoms with Crippen molar-refractivity contribution in [3.63, 3.8) is 0 Å². The average Bonchev–Trinajstić information content (AvgIpc) is 2.01. The number of halogens is 1. The molecule has 0 atom stereocenters. The van der Waals surface area contributed by atoms with E-state index in [9.17, 15) is 16.6 Å². The third kappa shape index (κ3) is 2.19. The molecular formula is C6H6INO5S. The Balaban J connectivity index is 3.65. The van der Waals surface area contributed by atoms with Crippen LogP contribution in [0.1, 0.15) is 0 Å². The van der Waals surface area contributed by atoms with Gasteiger partial charge < -0.3 is 10.2 Å². The maximum absolute atomic E-state index is 11.0. The van der Waals surface area contributed by atoms with E-state index in [1.807, 2.05) is 0 Å². The minimum atomic E-state index is -4.08. The van der Waals surface area contributed by atoms with Crippen LogP contribution in [0.5, 0.6) is 11.5 Å². The molecule has 0 unspecified atom stereocenters. The number of hydrogen-bond donors (Lipinski definition) is 3. The van der Waals surface area contributed by atoms with Gasteiger partial charge in [0.1, 0.15) is 20.0 Å². The van der Waals surface area contributed by atoms with Crippen molar-refractivity contribution in [3.8, 4) is 11.5 Å². The Kier molecular flexibility index (Phi) is 3.07. The Labute approximate surface area is 90.1 Å². The molecule has 1 rings (SSSR count). The molecular weight excluding hydrogens is 325 g/mol. The average molecular weight is 331 g/mol. The Bertz CT molecular complexity index is 483. The van der Waals surface area contributed by atoms with Crippen molar-refractivity contribution in [2.75, 3.05) is 0 Å². The van der Waals surface area contributed by atoms with E-state index in [0.29, 0.717) is 0 Å². The lowest BCUT2D eigenvalue weighted by molar-refractivity contribution is 0.444. The first-order chi connectivity index (χ1) is 6.36. The van der Waals surface area contributed by atoms with Gasteiger partial charge in [-0.1, -0.05) is 0 Å². The van der Waals surface area contributed by atoms with E-state index in [1.165, 1.54) is 0 Å². The molecule has 78 valence electrons. The molecule has 0 radical (unpaired) electrons. The van der Waals surface area contributed by atoms with Gasteiger partial charge in [-0.3, -0.25) is 3.07 Å². The van der Waals surface area contributed by atoms with Crippen LogP contribution in [0.4, 0.5) is 0 Å². The van der Waals surface area contributed by atoms with Crippen LogP contribution in [-0.2, 0) is 13.1 Å². The summed E-state index contributed by atoms with van der Waals surface area (Å²) in [5.41, 5.74) is 0. The fourth-order valence-electron chi connectivity index (χ4n) is 0.854. The minimum Gasteiger partial charge on any atom is -0.508 e. The molecule has 14 heavy (non-hydrogen) atoms. The SMILES string of the molecule is NS(=O)(=O)c1cc(O)cc(O)c1I=O. The standard InChI is InChI=1S/C6H6INO5S/c8-14(12,13)5-2-3(9)1-4(10)6(5)7-11/h1-2,9-10H,(H2,8,12,13). The van der Waals surface area contributed by atoms with Crippen molar-refractivity contribution >= 4 is 31.2 Å². The number of phenolic OH excluding ortho intramolecular Hbond substituents is 2. The van der Waals surface area contributed by atoms with Crippen molar-refractivity contribution in [1.29, 1.82) is 0 Å². The zero-order chi connectivity index (χ0) is 10.9. The van der Waals surface area contributed by atoms with E-state index < -0.39 is 47.6 Å². The molecule has 0 aliphatic rings. The second-order valence-corrected chi connectivity index (χ2v) is 5.45. The quantitative estimate of drug-likeness (QED) is 0.671. The molecule has 1 aromatic carbocycles. The van der Waals surface area contributed by atoms with E-state index in [1.54, 1.807) is 0 Å². The van der Waals surface area contributed by atoms with Gasteiger partial charge in [-0.05, 0) is 0 Å². The van der Waals surface area contributed by atoms with Gasteiger partial charge in [0, 0.05) is 12.1 Å². The highest BCUT2D eigenvalue weighted by Crippen LogP contribution is 2.32. The summed E-state index contributed by atoms with van der Waals surface area (Å²) >= 11 is -1.88. The van der Waals surface area contributed by atoms with Crippen LogP contribution in [0.3, 0.4) is 0 Å². The fourth-order valence-corrected chi connectivity index (χ4v) is 3.38. The monoisotopic (exact) mass is 331 g/mol. The molecule has 1 aromatic rings. The lowest BCUT2D eigenvalue weighted by Crippen LogP contribution is -2.13. The number of sulfonamides is 1. The van der Waals surface area contributed by atoms with Gasteiger partial charge in [0.05, 0.1) is 0 Å². The molecule has 6 nitrogen and oxygen atoms in total. The molecule has 0 aromatic heterocycles. The summed E-state index contributed by atoms with van der Waals surface area (Å²) in [5, 5.41) is 23.0. The van der Waals surface area contributed by atoms with E-state index in [4.69, 9.17) is 10.2 Å². The van der Waals surface area contributed by atoms with Crippen molar-refractivity contribution in [2.45, 2.75) is 4.90 Å². The maximum atomic E-state index is 11.0. The van der Waals surface area contributed by atoms with E-state index in [-0.39, 0.29) is 3.57 Å². The molecule has 0 spiro atoms. The van der Waals surface area contributed by atoms with Crippen molar-refractivity contribution in [1.82, 2.24) is 0 Å². The molecule has 0 amide bonds. The van der Waals surface area contributed by atoms with Crippen LogP contribution in [0.25, 0.3) is 0 Å². The molecule has 0 saturated carbocycles. The number of nitrogens with two attached hydrogens (primary N) is 1. The van der Waals surface area contributed by atoms with Crippen LogP contribution in [0.15, 0.2) is 17.0 Å². The van der Waals surface area contributed by atoms with Gasteiger partial charge in [0.15, 0.2) is 21.2 Å². The second-order valence-electron chi connectivity index (χ2n) is 2.40. The van der Waals surface area contributed by atoms with E-state index >= 15 is 0 Å². The first kappa shape index (κ1) is 11.3. The normalized spacial score (nSPS) is 11.5. The van der Waals surface area contributed by atoms with Gasteiger partial charge in [0.2, 0.25) is 10.0 Å². The Morgan fingerprint density at radius 1 is 1.29 bits per heavy atom. The first-order valence-electron chi connectivity index (χ1n) is 3.22. The van der Waals surface area contributed by atoms with Crippen molar-refractivity contribution in [2.24, 2.45) is 5.14 Å². The van der Waals surface area contributed by atoms with Gasteiger partial charge >= 0.3 is 0 Å². The number of aromatic hydroxyl groups is 2. The van der Waals surface area contributed by atoms with Crippen molar-refractivity contribution in [3.05, 3.63) is 15.7 Å². The number of hydrogen-bond acceptors (Lipinski definition) is 5. The van der Waals surface area contributed by atoms with E-state index in [0.717, 1.165) is 12.1 Å². The summed E-state index contributed by atoms with van der Waals surface area (Å²) < 4.78 is 32.3. The van der Waals surface area contributed by atoms with Gasteiger partial charge in [-0.25, -0.2) is 13.6 Å². The predicted molar refractivity (Wildman–Crippen MR) is 54.5 cm³/mol. The second kappa shape index (κ2) is 3.79. The predicted octanol–water partition coefficient (Wildman–Crippen LogP) is 0.231. The fraction of sp³-hybridized carbons (Fsp3) is 0. The summed E-state index contributed by atoms with van der Waals surface area (Å²) in [7, 11) is -4.08. The third-order valence-electron chi connectivity index (χ3n) is 1.39. The Morgan fingerprint density at radius 2 is 1.86 bits per heavy atom. The van der Waals surface area contributed by atoms with Crippen molar-refractivity contribution < 1.29 is 21.7 Å². The molecule has 0 fully saturated rings. The zero-order valence-corrected chi connectivity index (χ0v) is 9.61. The first-order valence-corrected chi connectivity index (χ1v) is 6.72.